The summed E-state index contributed by atoms with van der Waals surface area (Å²) in [5.74, 6) is -1.42. The number of aromatic nitrogens is 3. The lowest BCUT2D eigenvalue weighted by Crippen LogP contribution is -2.65. The highest BCUT2D eigenvalue weighted by atomic mass is 32.2. The number of carbonyl (C=O) groups is 2. The van der Waals surface area contributed by atoms with Gasteiger partial charge in [0.1, 0.15) is 11.7 Å². The summed E-state index contributed by atoms with van der Waals surface area (Å²) in [6.07, 6.45) is 3.38. The highest BCUT2D eigenvalue weighted by Gasteiger charge is 2.63. The lowest BCUT2D eigenvalue weighted by atomic mass is 9.90. The van der Waals surface area contributed by atoms with Crippen LogP contribution in [0.5, 0.6) is 0 Å². The maximum Gasteiger partial charge on any atom is 0.327 e. The Morgan fingerprint density at radius 2 is 2.03 bits per heavy atom. The van der Waals surface area contributed by atoms with Crippen LogP contribution in [0.2, 0.25) is 18.1 Å². The van der Waals surface area contributed by atoms with Gasteiger partial charge in [0.25, 0.3) is 0 Å². The summed E-state index contributed by atoms with van der Waals surface area (Å²) in [6.45, 7) is 14.7. The molecule has 3 heterocycles. The van der Waals surface area contributed by atoms with Crippen molar-refractivity contribution in [3.63, 3.8) is 0 Å². The molecule has 166 valence electrons. The molecule has 0 aromatic carbocycles. The van der Waals surface area contributed by atoms with Gasteiger partial charge in [-0.15, -0.1) is 16.9 Å². The summed E-state index contributed by atoms with van der Waals surface area (Å²) >= 11 is 1.54. The number of β-lactam (4-membered cyclic amide) rings is 1. The van der Waals surface area contributed by atoms with Gasteiger partial charge in [0.2, 0.25) is 5.91 Å². The first-order valence-electron chi connectivity index (χ1n) is 10.2. The Labute approximate surface area is 183 Å². The van der Waals surface area contributed by atoms with Crippen molar-refractivity contribution >= 4 is 38.0 Å². The van der Waals surface area contributed by atoms with Gasteiger partial charge in [-0.3, -0.25) is 9.48 Å². The molecule has 2 aliphatic heterocycles. The van der Waals surface area contributed by atoms with E-state index in [2.05, 4.69) is 44.2 Å². The maximum absolute atomic E-state index is 13.0. The van der Waals surface area contributed by atoms with Gasteiger partial charge in [0.15, 0.2) is 8.32 Å². The molecule has 0 radical (unpaired) electrons. The summed E-state index contributed by atoms with van der Waals surface area (Å²) in [5, 5.41) is 17.4. The number of hydrogen-bond donors (Lipinski definition) is 1. The van der Waals surface area contributed by atoms with Crippen molar-refractivity contribution in [2.24, 2.45) is 13.0 Å². The van der Waals surface area contributed by atoms with E-state index in [-0.39, 0.29) is 33.6 Å². The van der Waals surface area contributed by atoms with Gasteiger partial charge in [-0.1, -0.05) is 31.6 Å². The minimum atomic E-state index is -2.04. The van der Waals surface area contributed by atoms with Crippen LogP contribution in [0.1, 0.15) is 40.3 Å². The van der Waals surface area contributed by atoms with Crippen LogP contribution in [0.4, 0.5) is 0 Å². The minimum Gasteiger partial charge on any atom is -0.480 e. The number of carbonyl (C=O) groups excluding carboxylic acids is 1. The Morgan fingerprint density at radius 1 is 1.40 bits per heavy atom. The lowest BCUT2D eigenvalue weighted by Gasteiger charge is -2.48. The average molecular weight is 453 g/mol. The highest BCUT2D eigenvalue weighted by molar-refractivity contribution is 8.01. The van der Waals surface area contributed by atoms with Gasteiger partial charge in [-0.05, 0) is 38.1 Å². The summed E-state index contributed by atoms with van der Waals surface area (Å²) in [5.41, 5.74) is 1.54. The third-order valence-corrected chi connectivity index (χ3v) is 12.8. The Kier molecular flexibility index (Phi) is 5.98. The van der Waals surface area contributed by atoms with E-state index < -0.39 is 20.3 Å². The molecule has 3 unspecified atom stereocenters. The fourth-order valence-corrected chi connectivity index (χ4v) is 7.11. The molecule has 8 nitrogen and oxygen atoms in total. The first-order valence-corrected chi connectivity index (χ1v) is 14.0. The normalized spacial score (nSPS) is 28.3. The number of amides is 1. The van der Waals surface area contributed by atoms with Crippen molar-refractivity contribution in [2.45, 2.75) is 75.5 Å². The van der Waals surface area contributed by atoms with E-state index in [1.54, 1.807) is 29.7 Å². The quantitative estimate of drug-likeness (QED) is 0.523. The van der Waals surface area contributed by atoms with Gasteiger partial charge in [0, 0.05) is 7.05 Å². The summed E-state index contributed by atoms with van der Waals surface area (Å²) in [4.78, 5) is 26.6. The third kappa shape index (κ3) is 3.96. The first kappa shape index (κ1) is 23.0. The monoisotopic (exact) mass is 452 g/mol. The molecule has 0 bridgehead atoms. The Hall–Kier alpha value is -1.65. The van der Waals surface area contributed by atoms with Crippen LogP contribution in [0, 0.1) is 5.92 Å². The molecule has 2 saturated heterocycles. The average Bonchev–Trinajstić information content (AvgIpc) is 3.14. The fourth-order valence-electron chi connectivity index (χ4n) is 3.83. The smallest absolute Gasteiger partial charge is 0.327 e. The standard InChI is InChI=1S/C20H32N4O4SSi/c1-11(9-13-10-23(6)22-21-13)16-15(19(26)27)24-17(25)14(18(24)29-16)12(2)28-30(7,8)20(3,4)5/h9-10,12,14-16,18H,1-8H3,(H,26,27)/b11-9-/t12-,14+,15?,16?,18?/m1/s1. The highest BCUT2D eigenvalue weighted by Crippen LogP contribution is 2.52. The number of carboxylic acids is 1. The van der Waals surface area contributed by atoms with Crippen molar-refractivity contribution in [2.75, 3.05) is 0 Å². The second-order valence-corrected chi connectivity index (χ2v) is 15.8. The largest absolute Gasteiger partial charge is 0.480 e. The van der Waals surface area contributed by atoms with Gasteiger partial charge < -0.3 is 14.4 Å². The molecule has 1 amide bonds. The number of nitrogens with zero attached hydrogens (tertiary/aromatic N) is 4. The topological polar surface area (TPSA) is 97.5 Å². The summed E-state index contributed by atoms with van der Waals surface area (Å²) in [7, 11) is -0.257. The van der Waals surface area contributed by atoms with E-state index in [0.29, 0.717) is 5.69 Å². The van der Waals surface area contributed by atoms with Crippen LogP contribution < -0.4 is 0 Å². The number of aliphatic carboxylic acids is 1. The maximum atomic E-state index is 13.0. The number of aryl methyl sites for hydroxylation is 1. The van der Waals surface area contributed by atoms with Crippen LogP contribution in [0.15, 0.2) is 11.8 Å². The molecular weight excluding hydrogens is 420 g/mol. The number of rotatable bonds is 6. The minimum absolute atomic E-state index is 0.0404. The first-order chi connectivity index (χ1) is 13.7. The van der Waals surface area contributed by atoms with Crippen LogP contribution >= 0.6 is 11.8 Å². The van der Waals surface area contributed by atoms with E-state index in [1.165, 1.54) is 4.90 Å². The summed E-state index contributed by atoms with van der Waals surface area (Å²) < 4.78 is 8.07. The van der Waals surface area contributed by atoms with Gasteiger partial charge >= 0.3 is 5.97 Å². The van der Waals surface area contributed by atoms with E-state index in [0.717, 1.165) is 5.57 Å². The van der Waals surface area contributed by atoms with E-state index in [1.807, 2.05) is 19.9 Å². The molecule has 30 heavy (non-hydrogen) atoms. The Morgan fingerprint density at radius 3 is 2.53 bits per heavy atom. The second kappa shape index (κ2) is 7.80. The second-order valence-electron chi connectivity index (χ2n) is 9.79. The molecule has 2 fully saturated rings. The number of fused-ring (bicyclic) bond motifs is 1. The van der Waals surface area contributed by atoms with E-state index in [4.69, 9.17) is 4.43 Å². The zero-order chi connectivity index (χ0) is 22.6. The number of carboxylic acid groups (broad SMARTS) is 1. The molecule has 0 aliphatic carbocycles. The van der Waals surface area contributed by atoms with Gasteiger partial charge in [-0.25, -0.2) is 4.79 Å². The summed E-state index contributed by atoms with van der Waals surface area (Å²) in [6, 6.07) is -0.878. The van der Waals surface area contributed by atoms with Gasteiger partial charge in [-0.2, -0.15) is 0 Å². The molecule has 3 rings (SSSR count). The zero-order valence-corrected chi connectivity index (χ0v) is 20.7. The molecule has 1 N–H and O–H groups in total. The lowest BCUT2D eigenvalue weighted by molar-refractivity contribution is -0.166. The number of thioether (sulfide) groups is 1. The molecule has 0 spiro atoms. The van der Waals surface area contributed by atoms with Crippen LogP contribution in [-0.2, 0) is 21.1 Å². The zero-order valence-electron chi connectivity index (χ0n) is 18.9. The van der Waals surface area contributed by atoms with E-state index >= 15 is 0 Å². The Bertz CT molecular complexity index is 878. The van der Waals surface area contributed by atoms with Crippen LogP contribution in [0.25, 0.3) is 6.08 Å². The van der Waals surface area contributed by atoms with Crippen molar-refractivity contribution in [1.82, 2.24) is 19.9 Å². The molecule has 0 saturated carbocycles. The third-order valence-electron chi connectivity index (χ3n) is 6.48. The van der Waals surface area contributed by atoms with Crippen molar-refractivity contribution in [3.8, 4) is 0 Å². The fraction of sp³-hybridized carbons (Fsp3) is 0.700. The number of hydrogen-bond acceptors (Lipinski definition) is 6. The molecule has 1 aromatic heterocycles. The van der Waals surface area contributed by atoms with Gasteiger partial charge in [0.05, 0.1) is 28.8 Å². The van der Waals surface area contributed by atoms with Crippen LogP contribution in [0.3, 0.4) is 0 Å². The van der Waals surface area contributed by atoms with Crippen molar-refractivity contribution < 1.29 is 19.1 Å². The molecule has 2 aliphatic rings. The molecular formula is C20H32N4O4SSi. The molecule has 10 heteroatoms. The molecule has 5 atom stereocenters. The predicted molar refractivity (Wildman–Crippen MR) is 119 cm³/mol. The predicted octanol–water partition coefficient (Wildman–Crippen LogP) is 2.98. The molecule has 1 aromatic rings. The van der Waals surface area contributed by atoms with Crippen molar-refractivity contribution in [3.05, 3.63) is 17.5 Å². The van der Waals surface area contributed by atoms with Crippen molar-refractivity contribution in [1.29, 1.82) is 0 Å². The SMILES string of the molecule is C/C(=C/c1cn(C)nn1)C1SC2[C@@H]([C@@H](C)O[Si](C)(C)C(C)(C)C)C(=O)N2C1C(=O)O. The van der Waals surface area contributed by atoms with E-state index in [9.17, 15) is 14.7 Å². The van der Waals surface area contributed by atoms with Crippen LogP contribution in [-0.4, -0.2) is 68.0 Å². The Balaban J connectivity index is 1.81.